The molecular weight excluding hydrogens is 195 g/mol. The maximum atomic E-state index is 11.8. The summed E-state index contributed by atoms with van der Waals surface area (Å²) in [5.74, 6) is 0.102. The number of likely N-dealkylation sites (tertiary alicyclic amines) is 1. The Morgan fingerprint density at radius 2 is 1.86 bits per heavy atom. The van der Waals surface area contributed by atoms with Crippen LogP contribution in [-0.4, -0.2) is 41.4 Å². The number of aliphatic hydroxyl groups is 1. The fraction of sp³-hybridized carbons (Fsp3) is 1.00. The topological polar surface area (TPSA) is 23.5 Å². The van der Waals surface area contributed by atoms with Gasteiger partial charge >= 0.3 is 6.18 Å². The molecule has 0 atom stereocenters. The Labute approximate surface area is 81.7 Å². The summed E-state index contributed by atoms with van der Waals surface area (Å²) in [6, 6.07) is 0. The molecule has 0 aliphatic carbocycles. The van der Waals surface area contributed by atoms with E-state index in [4.69, 9.17) is 0 Å². The largest absolute Gasteiger partial charge is 0.390 e. The molecule has 0 unspecified atom stereocenters. The lowest BCUT2D eigenvalue weighted by Crippen LogP contribution is -2.64. The van der Waals surface area contributed by atoms with E-state index in [0.717, 1.165) is 0 Å². The van der Waals surface area contributed by atoms with Gasteiger partial charge in [0.05, 0.1) is 12.0 Å². The van der Waals surface area contributed by atoms with Gasteiger partial charge in [-0.05, 0) is 5.92 Å². The molecule has 0 spiro atoms. The van der Waals surface area contributed by atoms with Crippen LogP contribution in [0.25, 0.3) is 0 Å². The highest BCUT2D eigenvalue weighted by Gasteiger charge is 2.44. The highest BCUT2D eigenvalue weighted by molar-refractivity contribution is 4.97. The number of hydrogen-bond donors (Lipinski definition) is 1. The Kier molecular flexibility index (Phi) is 3.11. The summed E-state index contributed by atoms with van der Waals surface area (Å²) in [5.41, 5.74) is -0.772. The van der Waals surface area contributed by atoms with Crippen LogP contribution >= 0.6 is 0 Å². The van der Waals surface area contributed by atoms with Gasteiger partial charge in [-0.2, -0.15) is 13.2 Å². The van der Waals surface area contributed by atoms with Gasteiger partial charge in [0.1, 0.15) is 0 Å². The summed E-state index contributed by atoms with van der Waals surface area (Å²) in [7, 11) is 0. The SMILES string of the molecule is CC(C)C1(O)CN(CCC(F)(F)F)C1. The van der Waals surface area contributed by atoms with Gasteiger partial charge in [0, 0.05) is 19.6 Å². The molecule has 14 heavy (non-hydrogen) atoms. The molecule has 1 saturated heterocycles. The average Bonchev–Trinajstić information content (AvgIpc) is 1.93. The Balaban J connectivity index is 2.22. The third kappa shape index (κ3) is 2.85. The van der Waals surface area contributed by atoms with Crippen LogP contribution in [0.3, 0.4) is 0 Å². The van der Waals surface area contributed by atoms with Gasteiger partial charge in [0.15, 0.2) is 0 Å². The first-order chi connectivity index (χ1) is 6.23. The third-order valence-corrected chi connectivity index (χ3v) is 2.78. The first-order valence-electron chi connectivity index (χ1n) is 4.74. The van der Waals surface area contributed by atoms with Crippen molar-refractivity contribution in [2.45, 2.75) is 32.0 Å². The van der Waals surface area contributed by atoms with Gasteiger partial charge in [0.2, 0.25) is 0 Å². The molecule has 0 radical (unpaired) electrons. The second kappa shape index (κ2) is 3.70. The van der Waals surface area contributed by atoms with Crippen molar-refractivity contribution in [3.63, 3.8) is 0 Å². The van der Waals surface area contributed by atoms with E-state index in [0.29, 0.717) is 13.1 Å². The first-order valence-corrected chi connectivity index (χ1v) is 4.74. The Bertz CT molecular complexity index is 197. The highest BCUT2D eigenvalue weighted by atomic mass is 19.4. The van der Waals surface area contributed by atoms with Crippen LogP contribution in [0.4, 0.5) is 13.2 Å². The lowest BCUT2D eigenvalue weighted by atomic mass is 9.83. The number of alkyl halides is 3. The van der Waals surface area contributed by atoms with E-state index in [2.05, 4.69) is 0 Å². The number of halogens is 3. The average molecular weight is 211 g/mol. The Hall–Kier alpha value is -0.290. The number of nitrogens with zero attached hydrogens (tertiary/aromatic N) is 1. The summed E-state index contributed by atoms with van der Waals surface area (Å²) in [4.78, 5) is 1.63. The lowest BCUT2D eigenvalue weighted by molar-refractivity contribution is -0.163. The van der Waals surface area contributed by atoms with E-state index in [-0.39, 0.29) is 12.5 Å². The third-order valence-electron chi connectivity index (χ3n) is 2.78. The molecular formula is C9H16F3NO. The highest BCUT2D eigenvalue weighted by Crippen LogP contribution is 2.30. The van der Waals surface area contributed by atoms with E-state index in [1.165, 1.54) is 0 Å². The van der Waals surface area contributed by atoms with Gasteiger partial charge in [-0.1, -0.05) is 13.8 Å². The molecule has 0 bridgehead atoms. The van der Waals surface area contributed by atoms with Crippen LogP contribution < -0.4 is 0 Å². The first kappa shape index (κ1) is 11.8. The van der Waals surface area contributed by atoms with Gasteiger partial charge in [-0.3, -0.25) is 4.90 Å². The molecule has 1 fully saturated rings. The normalized spacial score (nSPS) is 22.5. The fourth-order valence-corrected chi connectivity index (χ4v) is 1.54. The van der Waals surface area contributed by atoms with Gasteiger partial charge in [-0.15, -0.1) is 0 Å². The second-order valence-corrected chi connectivity index (χ2v) is 4.33. The Morgan fingerprint density at radius 3 is 2.21 bits per heavy atom. The lowest BCUT2D eigenvalue weighted by Gasteiger charge is -2.49. The minimum Gasteiger partial charge on any atom is -0.387 e. The molecule has 2 nitrogen and oxygen atoms in total. The molecule has 1 aliphatic heterocycles. The van der Waals surface area contributed by atoms with Crippen molar-refractivity contribution in [3.8, 4) is 0 Å². The van der Waals surface area contributed by atoms with Crippen LogP contribution in [-0.2, 0) is 0 Å². The number of hydrogen-bond acceptors (Lipinski definition) is 2. The van der Waals surface area contributed by atoms with E-state index in [1.54, 1.807) is 4.90 Å². The Morgan fingerprint density at radius 1 is 1.36 bits per heavy atom. The van der Waals surface area contributed by atoms with Gasteiger partial charge < -0.3 is 5.11 Å². The molecule has 0 aromatic heterocycles. The van der Waals surface area contributed by atoms with Crippen LogP contribution in [0.1, 0.15) is 20.3 Å². The maximum Gasteiger partial charge on any atom is 0.390 e. The molecule has 0 aromatic rings. The molecule has 84 valence electrons. The zero-order chi connectivity index (χ0) is 11.0. The molecule has 1 rings (SSSR count). The van der Waals surface area contributed by atoms with Gasteiger partial charge in [-0.25, -0.2) is 0 Å². The minimum absolute atomic E-state index is 0.00146. The molecule has 0 aromatic carbocycles. The van der Waals surface area contributed by atoms with Crippen LogP contribution in [0, 0.1) is 5.92 Å². The number of rotatable bonds is 3. The van der Waals surface area contributed by atoms with Crippen molar-refractivity contribution in [1.29, 1.82) is 0 Å². The van der Waals surface area contributed by atoms with Crippen molar-refractivity contribution in [2.75, 3.05) is 19.6 Å². The number of β-amino-alcohol motifs (C(OH)–C–C–N with tert-alkyl or cyclic N) is 1. The summed E-state index contributed by atoms with van der Waals surface area (Å²) in [6.45, 7) is 4.47. The quantitative estimate of drug-likeness (QED) is 0.767. The van der Waals surface area contributed by atoms with Crippen molar-refractivity contribution < 1.29 is 18.3 Å². The van der Waals surface area contributed by atoms with E-state index >= 15 is 0 Å². The standard InChI is InChI=1S/C9H16F3NO/c1-7(2)8(14)5-13(6-8)4-3-9(10,11)12/h7,14H,3-6H2,1-2H3. The predicted molar refractivity (Wildman–Crippen MR) is 46.9 cm³/mol. The van der Waals surface area contributed by atoms with Crippen molar-refractivity contribution >= 4 is 0 Å². The second-order valence-electron chi connectivity index (χ2n) is 4.33. The zero-order valence-electron chi connectivity index (χ0n) is 8.43. The van der Waals surface area contributed by atoms with E-state index in [9.17, 15) is 18.3 Å². The minimum atomic E-state index is -4.09. The summed E-state index contributed by atoms with van der Waals surface area (Å²) >= 11 is 0. The van der Waals surface area contributed by atoms with Crippen LogP contribution in [0.2, 0.25) is 0 Å². The molecule has 5 heteroatoms. The summed E-state index contributed by atoms with van der Waals surface area (Å²) in [5, 5.41) is 9.76. The molecule has 1 aliphatic rings. The smallest absolute Gasteiger partial charge is 0.387 e. The van der Waals surface area contributed by atoms with E-state index in [1.807, 2.05) is 13.8 Å². The van der Waals surface area contributed by atoms with Crippen LogP contribution in [0.5, 0.6) is 0 Å². The molecule has 0 saturated carbocycles. The maximum absolute atomic E-state index is 11.8. The zero-order valence-corrected chi connectivity index (χ0v) is 8.43. The predicted octanol–water partition coefficient (Wildman–Crippen LogP) is 1.64. The van der Waals surface area contributed by atoms with Crippen molar-refractivity contribution in [1.82, 2.24) is 4.90 Å². The van der Waals surface area contributed by atoms with E-state index < -0.39 is 18.2 Å². The van der Waals surface area contributed by atoms with Crippen LogP contribution in [0.15, 0.2) is 0 Å². The fourth-order valence-electron chi connectivity index (χ4n) is 1.54. The van der Waals surface area contributed by atoms with Crippen molar-refractivity contribution in [3.05, 3.63) is 0 Å². The molecule has 1 N–H and O–H groups in total. The monoisotopic (exact) mass is 211 g/mol. The molecule has 0 amide bonds. The van der Waals surface area contributed by atoms with Crippen molar-refractivity contribution in [2.24, 2.45) is 5.92 Å². The summed E-state index contributed by atoms with van der Waals surface area (Å²) in [6.07, 6.45) is -4.88. The summed E-state index contributed by atoms with van der Waals surface area (Å²) < 4.78 is 35.5. The molecule has 1 heterocycles. The van der Waals surface area contributed by atoms with Gasteiger partial charge in [0.25, 0.3) is 0 Å².